The zero-order valence-corrected chi connectivity index (χ0v) is 15.0. The first-order valence-corrected chi connectivity index (χ1v) is 8.63. The maximum absolute atomic E-state index is 13.4. The number of rotatable bonds is 3. The minimum atomic E-state index is -0.425. The van der Waals surface area contributed by atoms with Crippen molar-refractivity contribution in [3.63, 3.8) is 0 Å². The molecule has 0 amide bonds. The SMILES string of the molecule is Cn1c(N2CC[C@@H](Nc3ccnc4cc(F)cnc34)C2)cc(=O)n(C)c1=O. The summed E-state index contributed by atoms with van der Waals surface area (Å²) >= 11 is 0. The van der Waals surface area contributed by atoms with Crippen LogP contribution in [0.2, 0.25) is 0 Å². The van der Waals surface area contributed by atoms with E-state index in [1.165, 1.54) is 29.9 Å². The monoisotopic (exact) mass is 370 g/mol. The number of hydrogen-bond donors (Lipinski definition) is 1. The summed E-state index contributed by atoms with van der Waals surface area (Å²) in [6.45, 7) is 1.34. The van der Waals surface area contributed by atoms with Crippen LogP contribution < -0.4 is 21.5 Å². The van der Waals surface area contributed by atoms with Crippen LogP contribution in [-0.4, -0.2) is 38.2 Å². The predicted octanol–water partition coefficient (Wildman–Crippen LogP) is 0.857. The zero-order valence-electron chi connectivity index (χ0n) is 15.0. The van der Waals surface area contributed by atoms with Gasteiger partial charge in [0.05, 0.1) is 17.4 Å². The molecule has 3 aromatic rings. The lowest BCUT2D eigenvalue weighted by Gasteiger charge is -2.22. The number of anilines is 2. The van der Waals surface area contributed by atoms with E-state index in [2.05, 4.69) is 15.3 Å². The molecule has 3 aromatic heterocycles. The minimum Gasteiger partial charge on any atom is -0.379 e. The third-order valence-corrected chi connectivity index (χ3v) is 4.92. The molecule has 0 aliphatic carbocycles. The summed E-state index contributed by atoms with van der Waals surface area (Å²) in [5, 5.41) is 3.43. The number of nitrogens with zero attached hydrogens (tertiary/aromatic N) is 5. The molecule has 0 aromatic carbocycles. The highest BCUT2D eigenvalue weighted by atomic mass is 19.1. The molecular weight excluding hydrogens is 351 g/mol. The molecule has 4 heterocycles. The second-order valence-electron chi connectivity index (χ2n) is 6.70. The smallest absolute Gasteiger partial charge is 0.332 e. The molecule has 0 unspecified atom stereocenters. The van der Waals surface area contributed by atoms with Crippen LogP contribution in [0, 0.1) is 5.82 Å². The number of halogens is 1. The maximum atomic E-state index is 13.4. The quantitative estimate of drug-likeness (QED) is 0.736. The molecule has 27 heavy (non-hydrogen) atoms. The Morgan fingerprint density at radius 3 is 2.81 bits per heavy atom. The topological polar surface area (TPSA) is 85.1 Å². The molecule has 1 N–H and O–H groups in total. The number of nitrogens with one attached hydrogen (secondary N) is 1. The van der Waals surface area contributed by atoms with Gasteiger partial charge in [-0.15, -0.1) is 0 Å². The van der Waals surface area contributed by atoms with E-state index in [0.717, 1.165) is 16.7 Å². The van der Waals surface area contributed by atoms with Crippen molar-refractivity contribution in [1.82, 2.24) is 19.1 Å². The molecular formula is C18H19FN6O2. The van der Waals surface area contributed by atoms with Crippen molar-refractivity contribution in [2.75, 3.05) is 23.3 Å². The van der Waals surface area contributed by atoms with Crippen LogP contribution in [0.3, 0.4) is 0 Å². The summed E-state index contributed by atoms with van der Waals surface area (Å²) in [7, 11) is 3.12. The first-order valence-electron chi connectivity index (χ1n) is 8.63. The van der Waals surface area contributed by atoms with Gasteiger partial charge in [0.2, 0.25) is 0 Å². The van der Waals surface area contributed by atoms with Crippen LogP contribution in [0.5, 0.6) is 0 Å². The first kappa shape index (κ1) is 17.2. The van der Waals surface area contributed by atoms with Gasteiger partial charge in [0, 0.05) is 51.6 Å². The number of hydrogen-bond acceptors (Lipinski definition) is 6. The van der Waals surface area contributed by atoms with Gasteiger partial charge in [-0.2, -0.15) is 0 Å². The highest BCUT2D eigenvalue weighted by molar-refractivity contribution is 5.87. The normalized spacial score (nSPS) is 16.9. The largest absolute Gasteiger partial charge is 0.379 e. The Kier molecular flexibility index (Phi) is 4.14. The van der Waals surface area contributed by atoms with E-state index in [4.69, 9.17) is 0 Å². The molecule has 1 atom stereocenters. The van der Waals surface area contributed by atoms with Crippen LogP contribution in [0.1, 0.15) is 6.42 Å². The maximum Gasteiger partial charge on any atom is 0.332 e. The van der Waals surface area contributed by atoms with Crippen LogP contribution in [0.25, 0.3) is 11.0 Å². The second-order valence-corrected chi connectivity index (χ2v) is 6.70. The van der Waals surface area contributed by atoms with Crippen molar-refractivity contribution in [3.05, 3.63) is 57.2 Å². The first-order chi connectivity index (χ1) is 12.9. The summed E-state index contributed by atoms with van der Waals surface area (Å²) in [6, 6.07) is 4.74. The van der Waals surface area contributed by atoms with Gasteiger partial charge >= 0.3 is 5.69 Å². The van der Waals surface area contributed by atoms with Gasteiger partial charge in [0.1, 0.15) is 17.2 Å². The van der Waals surface area contributed by atoms with E-state index in [-0.39, 0.29) is 17.3 Å². The molecule has 140 valence electrons. The molecule has 0 bridgehead atoms. The molecule has 8 nitrogen and oxygen atoms in total. The van der Waals surface area contributed by atoms with Gasteiger partial charge in [-0.1, -0.05) is 0 Å². The van der Waals surface area contributed by atoms with E-state index >= 15 is 0 Å². The Hall–Kier alpha value is -3.23. The van der Waals surface area contributed by atoms with Crippen LogP contribution in [-0.2, 0) is 14.1 Å². The molecule has 0 spiro atoms. The third kappa shape index (κ3) is 3.05. The molecule has 1 aliphatic rings. The van der Waals surface area contributed by atoms with Crippen LogP contribution in [0.4, 0.5) is 15.9 Å². The van der Waals surface area contributed by atoms with Crippen molar-refractivity contribution in [3.8, 4) is 0 Å². The van der Waals surface area contributed by atoms with Crippen molar-refractivity contribution in [1.29, 1.82) is 0 Å². The highest BCUT2D eigenvalue weighted by Gasteiger charge is 2.25. The average molecular weight is 370 g/mol. The fourth-order valence-corrected chi connectivity index (χ4v) is 3.45. The van der Waals surface area contributed by atoms with Gasteiger partial charge < -0.3 is 10.2 Å². The number of fused-ring (bicyclic) bond motifs is 1. The highest BCUT2D eigenvalue weighted by Crippen LogP contribution is 2.24. The third-order valence-electron chi connectivity index (χ3n) is 4.92. The zero-order chi connectivity index (χ0) is 19.1. The van der Waals surface area contributed by atoms with Gasteiger partial charge in [-0.25, -0.2) is 14.2 Å². The lowest BCUT2D eigenvalue weighted by molar-refractivity contribution is 0.624. The van der Waals surface area contributed by atoms with E-state index < -0.39 is 5.82 Å². The van der Waals surface area contributed by atoms with Crippen molar-refractivity contribution < 1.29 is 4.39 Å². The molecule has 4 rings (SSSR count). The second kappa shape index (κ2) is 6.49. The van der Waals surface area contributed by atoms with Gasteiger partial charge in [-0.3, -0.25) is 18.9 Å². The summed E-state index contributed by atoms with van der Waals surface area (Å²) in [5.74, 6) is 0.179. The van der Waals surface area contributed by atoms with E-state index in [1.807, 2.05) is 11.0 Å². The number of aromatic nitrogens is 4. The fraction of sp³-hybridized carbons (Fsp3) is 0.333. The lowest BCUT2D eigenvalue weighted by Crippen LogP contribution is -2.40. The predicted molar refractivity (Wildman–Crippen MR) is 101 cm³/mol. The van der Waals surface area contributed by atoms with Gasteiger partial charge in [0.15, 0.2) is 0 Å². The fourth-order valence-electron chi connectivity index (χ4n) is 3.45. The molecule has 0 radical (unpaired) electrons. The van der Waals surface area contributed by atoms with Crippen molar-refractivity contribution >= 4 is 22.5 Å². The standard InChI is InChI=1S/C18H19FN6O2/c1-23-15(8-16(26)24(2)18(23)27)25-6-4-12(10-25)22-13-3-5-20-14-7-11(19)9-21-17(13)14/h3,5,7-9,12H,4,6,10H2,1-2H3,(H,20,22)/t12-/m1/s1. The molecule has 0 saturated carbocycles. The molecule has 9 heteroatoms. The Bertz CT molecular complexity index is 1140. The number of pyridine rings is 2. The van der Waals surface area contributed by atoms with Crippen molar-refractivity contribution in [2.24, 2.45) is 14.1 Å². The average Bonchev–Trinajstić information content (AvgIpc) is 3.11. The van der Waals surface area contributed by atoms with Crippen molar-refractivity contribution in [2.45, 2.75) is 12.5 Å². The minimum absolute atomic E-state index is 0.0987. The Balaban J connectivity index is 1.58. The van der Waals surface area contributed by atoms with Crippen LogP contribution in [0.15, 0.2) is 40.2 Å². The van der Waals surface area contributed by atoms with Gasteiger partial charge in [-0.05, 0) is 12.5 Å². The van der Waals surface area contributed by atoms with E-state index in [9.17, 15) is 14.0 Å². The summed E-state index contributed by atoms with van der Waals surface area (Å²) < 4.78 is 15.9. The Morgan fingerprint density at radius 2 is 2.00 bits per heavy atom. The van der Waals surface area contributed by atoms with E-state index in [0.29, 0.717) is 29.9 Å². The summed E-state index contributed by atoms with van der Waals surface area (Å²) in [4.78, 5) is 34.4. The van der Waals surface area contributed by atoms with E-state index in [1.54, 1.807) is 13.2 Å². The summed E-state index contributed by atoms with van der Waals surface area (Å²) in [5.41, 5.74) is 1.21. The lowest BCUT2D eigenvalue weighted by atomic mass is 10.2. The molecule has 1 fully saturated rings. The Morgan fingerprint density at radius 1 is 1.19 bits per heavy atom. The molecule has 1 aliphatic heterocycles. The van der Waals surface area contributed by atoms with Crippen LogP contribution >= 0.6 is 0 Å². The Labute approximate surface area is 153 Å². The molecule has 1 saturated heterocycles. The summed E-state index contributed by atoms with van der Waals surface area (Å²) in [6.07, 6.45) is 3.61. The van der Waals surface area contributed by atoms with Gasteiger partial charge in [0.25, 0.3) is 5.56 Å².